The number of amides is 1. The molecule has 23 heavy (non-hydrogen) atoms. The maximum atomic E-state index is 12.1. The predicted molar refractivity (Wildman–Crippen MR) is 79.6 cm³/mol. The number of nitrogens with zero attached hydrogens (tertiary/aromatic N) is 6. The number of hydrogen-bond acceptors (Lipinski definition) is 8. The molecule has 1 amide bonds. The van der Waals surface area contributed by atoms with Gasteiger partial charge in [-0.15, -0.1) is 16.4 Å². The Morgan fingerprint density at radius 2 is 2.30 bits per heavy atom. The fraction of sp³-hybridized carbons (Fsp3) is 0.0769. The molecule has 114 valence electrons. The molecule has 0 spiro atoms. The van der Waals surface area contributed by atoms with E-state index < -0.39 is 0 Å². The number of thiophene rings is 1. The van der Waals surface area contributed by atoms with Gasteiger partial charge in [-0.1, -0.05) is 11.2 Å². The molecule has 0 aliphatic rings. The van der Waals surface area contributed by atoms with Crippen molar-refractivity contribution in [1.82, 2.24) is 35.5 Å². The first-order chi connectivity index (χ1) is 11.3. The number of rotatable bonds is 4. The molecular formula is C13H9N7O2S. The third-order valence-corrected chi connectivity index (χ3v) is 3.92. The van der Waals surface area contributed by atoms with Gasteiger partial charge in [0.05, 0.1) is 17.0 Å². The summed E-state index contributed by atoms with van der Waals surface area (Å²) in [5, 5.41) is 19.6. The van der Waals surface area contributed by atoms with Gasteiger partial charge in [-0.05, 0) is 34.0 Å². The van der Waals surface area contributed by atoms with Crippen molar-refractivity contribution in [3.8, 4) is 10.8 Å². The van der Waals surface area contributed by atoms with Gasteiger partial charge in [0.1, 0.15) is 0 Å². The van der Waals surface area contributed by atoms with Gasteiger partial charge in [0.15, 0.2) is 11.5 Å². The van der Waals surface area contributed by atoms with Crippen LogP contribution in [0, 0.1) is 0 Å². The van der Waals surface area contributed by atoms with Crippen molar-refractivity contribution in [1.29, 1.82) is 0 Å². The van der Waals surface area contributed by atoms with Crippen LogP contribution in [0.2, 0.25) is 0 Å². The molecule has 0 aromatic carbocycles. The third kappa shape index (κ3) is 2.66. The molecule has 0 aliphatic heterocycles. The molecule has 4 heterocycles. The first-order valence-electron chi connectivity index (χ1n) is 6.62. The molecule has 4 aromatic rings. The minimum absolute atomic E-state index is 0.168. The Morgan fingerprint density at radius 1 is 1.35 bits per heavy atom. The largest absolute Gasteiger partial charge is 0.345 e. The van der Waals surface area contributed by atoms with E-state index in [-0.39, 0.29) is 12.5 Å². The lowest BCUT2D eigenvalue weighted by atomic mass is 10.2. The number of fused-ring (bicyclic) bond motifs is 1. The lowest BCUT2D eigenvalue weighted by Crippen LogP contribution is -2.23. The van der Waals surface area contributed by atoms with Crippen LogP contribution in [0.1, 0.15) is 16.2 Å². The van der Waals surface area contributed by atoms with E-state index in [1.807, 2.05) is 17.5 Å². The maximum absolute atomic E-state index is 12.1. The van der Waals surface area contributed by atoms with Crippen molar-refractivity contribution < 1.29 is 9.32 Å². The molecule has 0 fully saturated rings. The molecule has 0 saturated heterocycles. The molecule has 0 unspecified atom stereocenters. The minimum atomic E-state index is -0.273. The predicted octanol–water partition coefficient (Wildman–Crippen LogP) is 1.17. The van der Waals surface area contributed by atoms with Crippen LogP contribution in [-0.2, 0) is 6.54 Å². The van der Waals surface area contributed by atoms with Crippen molar-refractivity contribution in [2.24, 2.45) is 0 Å². The molecule has 0 bridgehead atoms. The zero-order valence-corrected chi connectivity index (χ0v) is 12.4. The fourth-order valence-corrected chi connectivity index (χ4v) is 2.61. The highest BCUT2D eigenvalue weighted by Crippen LogP contribution is 2.22. The molecule has 4 rings (SSSR count). The number of hydrogen-bond donors (Lipinski definition) is 1. The van der Waals surface area contributed by atoms with Gasteiger partial charge >= 0.3 is 0 Å². The summed E-state index contributed by atoms with van der Waals surface area (Å²) in [4.78, 5) is 17.3. The van der Waals surface area contributed by atoms with Gasteiger partial charge in [0.2, 0.25) is 0 Å². The summed E-state index contributed by atoms with van der Waals surface area (Å²) in [6.45, 7) is 0.168. The van der Waals surface area contributed by atoms with Crippen molar-refractivity contribution in [2.75, 3.05) is 0 Å². The van der Waals surface area contributed by atoms with E-state index in [0.29, 0.717) is 22.9 Å². The number of nitrogens with one attached hydrogen (secondary N) is 1. The van der Waals surface area contributed by atoms with Gasteiger partial charge in [-0.25, -0.2) is 0 Å². The Bertz CT molecular complexity index is 960. The normalized spacial score (nSPS) is 11.0. The monoisotopic (exact) mass is 327 g/mol. The zero-order chi connectivity index (χ0) is 15.6. The number of carbonyl (C=O) groups excluding carboxylic acids is 1. The summed E-state index contributed by atoms with van der Waals surface area (Å²) in [5.41, 5.74) is 1.01. The van der Waals surface area contributed by atoms with Crippen LogP contribution in [0.4, 0.5) is 0 Å². The van der Waals surface area contributed by atoms with Crippen molar-refractivity contribution >= 4 is 22.9 Å². The number of tetrazole rings is 1. The second-order valence-electron chi connectivity index (χ2n) is 4.58. The first-order valence-corrected chi connectivity index (χ1v) is 7.50. The summed E-state index contributed by atoms with van der Waals surface area (Å²) in [7, 11) is 0. The van der Waals surface area contributed by atoms with E-state index in [0.717, 1.165) is 4.88 Å². The summed E-state index contributed by atoms with van der Waals surface area (Å²) in [6, 6.07) is 7.11. The van der Waals surface area contributed by atoms with Gasteiger partial charge in [0.25, 0.3) is 11.8 Å². The van der Waals surface area contributed by atoms with Crippen LogP contribution < -0.4 is 5.32 Å². The smallest absolute Gasteiger partial charge is 0.268 e. The molecule has 9 nitrogen and oxygen atoms in total. The molecule has 0 atom stereocenters. The topological polar surface area (TPSA) is 111 Å². The molecule has 4 aromatic heterocycles. The van der Waals surface area contributed by atoms with E-state index in [2.05, 4.69) is 31.0 Å². The SMILES string of the molecule is O=C(NCc1noc(-c2cccs2)n1)c1ccc2nnnn2c1. The van der Waals surface area contributed by atoms with Gasteiger partial charge < -0.3 is 9.84 Å². The van der Waals surface area contributed by atoms with Crippen LogP contribution in [-0.4, -0.2) is 36.1 Å². The average Bonchev–Trinajstić information content (AvgIpc) is 3.32. The zero-order valence-electron chi connectivity index (χ0n) is 11.6. The van der Waals surface area contributed by atoms with Crippen molar-refractivity contribution in [2.45, 2.75) is 6.54 Å². The third-order valence-electron chi connectivity index (χ3n) is 3.06. The van der Waals surface area contributed by atoms with Crippen LogP contribution in [0.25, 0.3) is 16.4 Å². The second-order valence-corrected chi connectivity index (χ2v) is 5.52. The van der Waals surface area contributed by atoms with Crippen molar-refractivity contribution in [3.63, 3.8) is 0 Å². The number of pyridine rings is 1. The molecule has 0 aliphatic carbocycles. The van der Waals surface area contributed by atoms with Crippen LogP contribution in [0.5, 0.6) is 0 Å². The van der Waals surface area contributed by atoms with E-state index in [1.165, 1.54) is 15.9 Å². The fourth-order valence-electron chi connectivity index (χ4n) is 1.96. The summed E-state index contributed by atoms with van der Waals surface area (Å²) < 4.78 is 6.59. The summed E-state index contributed by atoms with van der Waals surface area (Å²) in [6.07, 6.45) is 1.55. The Balaban J connectivity index is 1.45. The van der Waals surface area contributed by atoms with Gasteiger partial charge in [-0.2, -0.15) is 9.50 Å². The van der Waals surface area contributed by atoms with Gasteiger partial charge in [-0.3, -0.25) is 4.79 Å². The van der Waals surface area contributed by atoms with E-state index >= 15 is 0 Å². The van der Waals surface area contributed by atoms with Crippen LogP contribution in [0.3, 0.4) is 0 Å². The Labute approximate surface area is 132 Å². The lowest BCUT2D eigenvalue weighted by Gasteiger charge is -2.02. The first kappa shape index (κ1) is 13.5. The minimum Gasteiger partial charge on any atom is -0.345 e. The standard InChI is InChI=1S/C13H9N7O2S/c21-12(8-3-4-11-16-18-19-20(11)7-8)14-6-10-15-13(22-17-10)9-2-1-5-23-9/h1-5,7H,6H2,(H,14,21). The molecule has 0 saturated carbocycles. The molecular weight excluding hydrogens is 318 g/mol. The summed E-state index contributed by atoms with van der Waals surface area (Å²) >= 11 is 1.51. The quantitative estimate of drug-likeness (QED) is 0.599. The maximum Gasteiger partial charge on any atom is 0.268 e. The Kier molecular flexibility index (Phi) is 3.27. The number of carbonyl (C=O) groups is 1. The highest BCUT2D eigenvalue weighted by molar-refractivity contribution is 7.13. The second kappa shape index (κ2) is 5.57. The van der Waals surface area contributed by atoms with Crippen molar-refractivity contribution in [3.05, 3.63) is 47.2 Å². The van der Waals surface area contributed by atoms with Crippen LogP contribution in [0.15, 0.2) is 40.4 Å². The van der Waals surface area contributed by atoms with E-state index in [9.17, 15) is 4.79 Å². The van der Waals surface area contributed by atoms with E-state index in [4.69, 9.17) is 4.52 Å². The Morgan fingerprint density at radius 3 is 3.17 bits per heavy atom. The molecule has 1 N–H and O–H groups in total. The summed E-state index contributed by atoms with van der Waals surface area (Å²) in [5.74, 6) is 0.578. The van der Waals surface area contributed by atoms with E-state index in [1.54, 1.807) is 18.3 Å². The Hall–Kier alpha value is -3.14. The lowest BCUT2D eigenvalue weighted by molar-refractivity contribution is 0.0949. The van der Waals surface area contributed by atoms with Crippen LogP contribution >= 0.6 is 11.3 Å². The van der Waals surface area contributed by atoms with Gasteiger partial charge in [0, 0.05) is 6.20 Å². The highest BCUT2D eigenvalue weighted by Gasteiger charge is 2.12. The highest BCUT2D eigenvalue weighted by atomic mass is 32.1. The number of aromatic nitrogens is 6. The average molecular weight is 327 g/mol. The molecule has 0 radical (unpaired) electrons. The molecule has 10 heteroatoms.